The van der Waals surface area contributed by atoms with Crippen molar-refractivity contribution < 1.29 is 17.9 Å². The van der Waals surface area contributed by atoms with Crippen LogP contribution in [0, 0.1) is 0 Å². The predicted molar refractivity (Wildman–Crippen MR) is 106 cm³/mol. The molecule has 0 saturated carbocycles. The molecule has 2 aromatic rings. The Morgan fingerprint density at radius 1 is 1.26 bits per heavy atom. The smallest absolute Gasteiger partial charge is 0.263 e. The summed E-state index contributed by atoms with van der Waals surface area (Å²) in [6.45, 7) is 4.41. The Balaban J connectivity index is 2.02. The Morgan fingerprint density at radius 3 is 2.59 bits per heavy atom. The number of aryl methyl sites for hydroxylation is 1. The largest absolute Gasteiger partial charge is 0.497 e. The summed E-state index contributed by atoms with van der Waals surface area (Å²) in [6.07, 6.45) is 1.59. The van der Waals surface area contributed by atoms with Gasteiger partial charge in [-0.25, -0.2) is 13.4 Å². The summed E-state index contributed by atoms with van der Waals surface area (Å²) in [5.74, 6) is 2.89. The van der Waals surface area contributed by atoms with Crippen molar-refractivity contribution in [2.24, 2.45) is 7.05 Å². The molecule has 0 N–H and O–H groups in total. The van der Waals surface area contributed by atoms with Gasteiger partial charge < -0.3 is 14.0 Å². The van der Waals surface area contributed by atoms with Crippen molar-refractivity contribution in [2.75, 3.05) is 26.5 Å². The fourth-order valence-corrected chi connectivity index (χ4v) is 6.45. The highest BCUT2D eigenvalue weighted by atomic mass is 32.2. The van der Waals surface area contributed by atoms with Crippen LogP contribution >= 0.6 is 11.8 Å². The Kier molecular flexibility index (Phi) is 5.73. The van der Waals surface area contributed by atoms with Crippen molar-refractivity contribution in [2.45, 2.75) is 30.2 Å². The van der Waals surface area contributed by atoms with E-state index < -0.39 is 10.0 Å². The van der Waals surface area contributed by atoms with E-state index in [2.05, 4.69) is 4.98 Å². The number of hydrogen-bond donors (Lipinski definition) is 0. The van der Waals surface area contributed by atoms with E-state index in [0.717, 1.165) is 11.4 Å². The lowest BCUT2D eigenvalue weighted by Crippen LogP contribution is -2.31. The van der Waals surface area contributed by atoms with Crippen molar-refractivity contribution in [1.29, 1.82) is 0 Å². The second kappa shape index (κ2) is 7.73. The lowest BCUT2D eigenvalue weighted by molar-refractivity contribution is 0.382. The molecule has 9 heteroatoms. The van der Waals surface area contributed by atoms with Gasteiger partial charge in [0.25, 0.3) is 10.0 Å². The molecule has 1 aromatic carbocycles. The number of sulfonamides is 1. The molecule has 7 nitrogen and oxygen atoms in total. The maximum Gasteiger partial charge on any atom is 0.263 e. The van der Waals surface area contributed by atoms with Gasteiger partial charge in [-0.05, 0) is 18.2 Å². The van der Waals surface area contributed by atoms with E-state index in [4.69, 9.17) is 9.47 Å². The summed E-state index contributed by atoms with van der Waals surface area (Å²) in [7, 11) is 1.26. The lowest BCUT2D eigenvalue weighted by atomic mass is 10.2. The average Bonchev–Trinajstić information content (AvgIpc) is 3.28. The van der Waals surface area contributed by atoms with E-state index in [1.807, 2.05) is 27.0 Å². The van der Waals surface area contributed by atoms with Crippen molar-refractivity contribution in [1.82, 2.24) is 13.9 Å². The number of aromatic nitrogens is 2. The van der Waals surface area contributed by atoms with Crippen LogP contribution in [0.5, 0.6) is 11.5 Å². The van der Waals surface area contributed by atoms with Crippen molar-refractivity contribution in [3.05, 3.63) is 35.8 Å². The molecule has 1 aliphatic heterocycles. The normalized spacial score (nSPS) is 18.2. The monoisotopic (exact) mass is 411 g/mol. The Morgan fingerprint density at radius 2 is 2.00 bits per heavy atom. The van der Waals surface area contributed by atoms with Crippen LogP contribution in [0.25, 0.3) is 0 Å². The second-order valence-electron chi connectivity index (χ2n) is 6.65. The molecule has 0 aliphatic carbocycles. The number of ether oxygens (including phenoxy) is 2. The predicted octanol–water partition coefficient (Wildman–Crippen LogP) is 3.00. The van der Waals surface area contributed by atoms with E-state index in [1.54, 1.807) is 48.9 Å². The highest BCUT2D eigenvalue weighted by molar-refractivity contribution is 8.01. The van der Waals surface area contributed by atoms with Crippen LogP contribution in [-0.4, -0.2) is 48.8 Å². The zero-order valence-corrected chi connectivity index (χ0v) is 17.8. The minimum Gasteiger partial charge on any atom is -0.497 e. The molecule has 148 valence electrons. The number of methoxy groups -OCH3 is 2. The van der Waals surface area contributed by atoms with Gasteiger partial charge in [0.15, 0.2) is 5.03 Å². The second-order valence-corrected chi connectivity index (χ2v) is 9.68. The molecule has 0 radical (unpaired) electrons. The molecule has 1 aliphatic rings. The van der Waals surface area contributed by atoms with Gasteiger partial charge in [-0.2, -0.15) is 4.31 Å². The van der Waals surface area contributed by atoms with E-state index in [0.29, 0.717) is 23.8 Å². The highest BCUT2D eigenvalue weighted by Crippen LogP contribution is 2.45. The van der Waals surface area contributed by atoms with Crippen LogP contribution in [0.1, 0.15) is 36.5 Å². The van der Waals surface area contributed by atoms with Crippen LogP contribution < -0.4 is 9.47 Å². The topological polar surface area (TPSA) is 73.7 Å². The minimum absolute atomic E-state index is 0.0862. The van der Waals surface area contributed by atoms with Gasteiger partial charge >= 0.3 is 0 Å². The molecule has 1 aromatic heterocycles. The molecule has 1 atom stereocenters. The van der Waals surface area contributed by atoms with Crippen LogP contribution in [0.2, 0.25) is 0 Å². The number of nitrogens with zero attached hydrogens (tertiary/aromatic N) is 3. The molecule has 0 amide bonds. The van der Waals surface area contributed by atoms with Crippen LogP contribution in [0.4, 0.5) is 0 Å². The van der Waals surface area contributed by atoms with Gasteiger partial charge in [-0.1, -0.05) is 13.8 Å². The first-order valence-electron chi connectivity index (χ1n) is 8.68. The van der Waals surface area contributed by atoms with Gasteiger partial charge in [0.2, 0.25) is 0 Å². The first-order valence-corrected chi connectivity index (χ1v) is 11.2. The molecule has 1 fully saturated rings. The lowest BCUT2D eigenvalue weighted by Gasteiger charge is -2.24. The maximum absolute atomic E-state index is 13.3. The first-order chi connectivity index (χ1) is 12.8. The third kappa shape index (κ3) is 3.68. The van der Waals surface area contributed by atoms with Crippen LogP contribution in [0.3, 0.4) is 0 Å². The molecule has 1 unspecified atom stereocenters. The Hall–Kier alpha value is -1.71. The van der Waals surface area contributed by atoms with E-state index in [1.165, 1.54) is 4.31 Å². The Labute approximate surface area is 164 Å². The molecule has 0 spiro atoms. The first kappa shape index (κ1) is 20.0. The quantitative estimate of drug-likeness (QED) is 0.728. The summed E-state index contributed by atoms with van der Waals surface area (Å²) in [4.78, 5) is 4.40. The number of imidazole rings is 1. The van der Waals surface area contributed by atoms with Crippen LogP contribution in [-0.2, 0) is 17.1 Å². The van der Waals surface area contributed by atoms with Crippen LogP contribution in [0.15, 0.2) is 29.4 Å². The van der Waals surface area contributed by atoms with Gasteiger partial charge in [-0.15, -0.1) is 11.8 Å². The molecule has 0 bridgehead atoms. The average molecular weight is 412 g/mol. The van der Waals surface area contributed by atoms with E-state index >= 15 is 0 Å². The van der Waals surface area contributed by atoms with E-state index in [-0.39, 0.29) is 16.3 Å². The summed E-state index contributed by atoms with van der Waals surface area (Å²) < 4.78 is 40.7. The number of rotatable bonds is 6. The number of benzene rings is 1. The molecule has 3 rings (SSSR count). The molecule has 2 heterocycles. The summed E-state index contributed by atoms with van der Waals surface area (Å²) in [5.41, 5.74) is 0.780. The number of thioether (sulfide) groups is 1. The third-order valence-electron chi connectivity index (χ3n) is 4.53. The van der Waals surface area contributed by atoms with Crippen molar-refractivity contribution in [3.63, 3.8) is 0 Å². The highest BCUT2D eigenvalue weighted by Gasteiger charge is 2.40. The van der Waals surface area contributed by atoms with Gasteiger partial charge in [0, 0.05) is 37.0 Å². The van der Waals surface area contributed by atoms with Gasteiger partial charge in [0.05, 0.1) is 19.6 Å². The summed E-state index contributed by atoms with van der Waals surface area (Å²) in [5, 5.41) is -0.299. The fourth-order valence-electron chi connectivity index (χ4n) is 3.21. The zero-order chi connectivity index (χ0) is 19.8. The molecular weight excluding hydrogens is 386 g/mol. The Bertz CT molecular complexity index is 925. The SMILES string of the molecule is COc1ccc(OC)c(C2SCCN2S(=O)(=O)c2cn(C)c(C(C)C)n2)c1. The summed E-state index contributed by atoms with van der Waals surface area (Å²) >= 11 is 1.57. The number of hydrogen-bond acceptors (Lipinski definition) is 6. The zero-order valence-electron chi connectivity index (χ0n) is 16.2. The van der Waals surface area contributed by atoms with Crippen molar-refractivity contribution >= 4 is 21.8 Å². The maximum atomic E-state index is 13.3. The fraction of sp³-hybridized carbons (Fsp3) is 0.500. The summed E-state index contributed by atoms with van der Waals surface area (Å²) in [6, 6.07) is 5.44. The van der Waals surface area contributed by atoms with Gasteiger partial charge in [0.1, 0.15) is 17.3 Å². The van der Waals surface area contributed by atoms with E-state index in [9.17, 15) is 8.42 Å². The molecule has 1 saturated heterocycles. The molecule has 27 heavy (non-hydrogen) atoms. The molecular formula is C18H25N3O4S2. The standard InChI is InChI=1S/C18H25N3O4S2/c1-12(2)17-19-16(11-20(17)3)27(22,23)21-8-9-26-18(21)14-10-13(24-4)6-7-15(14)25-5/h6-7,10-12,18H,8-9H2,1-5H3. The van der Waals surface area contributed by atoms with Crippen molar-refractivity contribution in [3.8, 4) is 11.5 Å². The third-order valence-corrected chi connectivity index (χ3v) is 7.64. The van der Waals surface area contributed by atoms with Gasteiger partial charge in [-0.3, -0.25) is 0 Å². The minimum atomic E-state index is -3.73.